The number of aliphatic carboxylic acids is 1. The van der Waals surface area contributed by atoms with E-state index in [2.05, 4.69) is 4.98 Å². The van der Waals surface area contributed by atoms with Crippen LogP contribution in [-0.2, 0) is 16.1 Å². The number of hydrogen-bond acceptors (Lipinski definition) is 3. The maximum absolute atomic E-state index is 10.3. The van der Waals surface area contributed by atoms with Crippen LogP contribution in [-0.4, -0.2) is 27.1 Å². The number of ether oxygens (including phenoxy) is 1. The lowest BCUT2D eigenvalue weighted by Crippen LogP contribution is -2.04. The third kappa shape index (κ3) is 2.38. The van der Waals surface area contributed by atoms with E-state index in [0.717, 1.165) is 11.3 Å². The number of aromatic nitrogens is 2. The second-order valence-electron chi connectivity index (χ2n) is 3.37. The van der Waals surface area contributed by atoms with Crippen molar-refractivity contribution in [1.29, 1.82) is 0 Å². The summed E-state index contributed by atoms with van der Waals surface area (Å²) in [6, 6.07) is 5.73. The summed E-state index contributed by atoms with van der Waals surface area (Å²) in [6.45, 7) is 0.612. The minimum Gasteiger partial charge on any atom is -0.481 e. The molecule has 5 nitrogen and oxygen atoms in total. The summed E-state index contributed by atoms with van der Waals surface area (Å²) in [4.78, 5) is 14.4. The molecular formula is C11H12N2O3. The second kappa shape index (κ2) is 4.76. The molecule has 2 aromatic rings. The monoisotopic (exact) mass is 220 g/mol. The standard InChI is InChI=1S/C11H12N2O3/c14-11(15)4-7-16-8-9-2-1-3-10-12-5-6-13(9)10/h1-3,5-6H,4,7-8H2,(H,14,15). The SMILES string of the molecule is O=C(O)CCOCc1cccc2nccn12. The van der Waals surface area contributed by atoms with E-state index in [1.165, 1.54) is 0 Å². The molecule has 0 amide bonds. The Morgan fingerprint density at radius 1 is 1.50 bits per heavy atom. The number of fused-ring (bicyclic) bond motifs is 1. The Hall–Kier alpha value is -1.88. The third-order valence-electron chi connectivity index (χ3n) is 2.22. The van der Waals surface area contributed by atoms with E-state index in [-0.39, 0.29) is 13.0 Å². The fourth-order valence-electron chi connectivity index (χ4n) is 1.46. The van der Waals surface area contributed by atoms with Crippen LogP contribution < -0.4 is 0 Å². The van der Waals surface area contributed by atoms with E-state index in [1.54, 1.807) is 6.20 Å². The Morgan fingerprint density at radius 3 is 3.19 bits per heavy atom. The van der Waals surface area contributed by atoms with E-state index >= 15 is 0 Å². The molecule has 0 unspecified atom stereocenters. The molecule has 0 bridgehead atoms. The highest BCUT2D eigenvalue weighted by Crippen LogP contribution is 2.07. The van der Waals surface area contributed by atoms with Crippen molar-refractivity contribution in [2.24, 2.45) is 0 Å². The molecule has 0 radical (unpaired) electrons. The highest BCUT2D eigenvalue weighted by Gasteiger charge is 2.01. The van der Waals surface area contributed by atoms with Gasteiger partial charge in [0.1, 0.15) is 5.65 Å². The van der Waals surface area contributed by atoms with E-state index in [1.807, 2.05) is 28.8 Å². The van der Waals surface area contributed by atoms with Gasteiger partial charge in [-0.2, -0.15) is 0 Å². The summed E-state index contributed by atoms with van der Waals surface area (Å²) in [5, 5.41) is 8.45. The van der Waals surface area contributed by atoms with Gasteiger partial charge in [-0.05, 0) is 12.1 Å². The number of carboxylic acid groups (broad SMARTS) is 1. The van der Waals surface area contributed by atoms with Crippen molar-refractivity contribution in [2.45, 2.75) is 13.0 Å². The zero-order valence-corrected chi connectivity index (χ0v) is 8.67. The topological polar surface area (TPSA) is 63.8 Å². The van der Waals surface area contributed by atoms with Gasteiger partial charge in [-0.3, -0.25) is 4.79 Å². The average Bonchev–Trinajstić information content (AvgIpc) is 2.72. The Labute approximate surface area is 92.3 Å². The van der Waals surface area contributed by atoms with Crippen LogP contribution in [0.1, 0.15) is 12.1 Å². The maximum atomic E-state index is 10.3. The summed E-state index contributed by atoms with van der Waals surface area (Å²) < 4.78 is 7.20. The molecule has 5 heteroatoms. The van der Waals surface area contributed by atoms with Gasteiger partial charge in [-0.25, -0.2) is 4.98 Å². The Balaban J connectivity index is 1.98. The lowest BCUT2D eigenvalue weighted by atomic mass is 10.3. The smallest absolute Gasteiger partial charge is 0.305 e. The van der Waals surface area contributed by atoms with Crippen molar-refractivity contribution in [3.63, 3.8) is 0 Å². The van der Waals surface area contributed by atoms with Crippen LogP contribution in [0.5, 0.6) is 0 Å². The van der Waals surface area contributed by atoms with Crippen molar-refractivity contribution in [3.8, 4) is 0 Å². The lowest BCUT2D eigenvalue weighted by Gasteiger charge is -2.05. The fraction of sp³-hybridized carbons (Fsp3) is 0.273. The van der Waals surface area contributed by atoms with E-state index in [0.29, 0.717) is 6.61 Å². The zero-order valence-electron chi connectivity index (χ0n) is 8.67. The van der Waals surface area contributed by atoms with Crippen LogP contribution in [0.4, 0.5) is 0 Å². The van der Waals surface area contributed by atoms with Crippen molar-refractivity contribution in [3.05, 3.63) is 36.3 Å². The number of nitrogens with zero attached hydrogens (tertiary/aromatic N) is 2. The van der Waals surface area contributed by atoms with Gasteiger partial charge >= 0.3 is 5.97 Å². The molecule has 0 aliphatic heterocycles. The summed E-state index contributed by atoms with van der Waals surface area (Å²) in [5.41, 5.74) is 1.82. The first-order valence-electron chi connectivity index (χ1n) is 4.98. The van der Waals surface area contributed by atoms with Crippen LogP contribution >= 0.6 is 0 Å². The predicted octanol–water partition coefficient (Wildman–Crippen LogP) is 1.33. The number of hydrogen-bond donors (Lipinski definition) is 1. The van der Waals surface area contributed by atoms with Gasteiger partial charge in [0.25, 0.3) is 0 Å². The number of imidazole rings is 1. The molecule has 1 N–H and O–H groups in total. The van der Waals surface area contributed by atoms with Gasteiger partial charge in [0.15, 0.2) is 0 Å². The van der Waals surface area contributed by atoms with Crippen molar-refractivity contribution >= 4 is 11.6 Å². The van der Waals surface area contributed by atoms with Gasteiger partial charge in [0.2, 0.25) is 0 Å². The van der Waals surface area contributed by atoms with Crippen molar-refractivity contribution < 1.29 is 14.6 Å². The summed E-state index contributed by atoms with van der Waals surface area (Å²) in [5.74, 6) is -0.846. The first-order valence-corrected chi connectivity index (χ1v) is 4.98. The van der Waals surface area contributed by atoms with E-state index in [4.69, 9.17) is 9.84 Å². The van der Waals surface area contributed by atoms with Gasteiger partial charge in [0.05, 0.1) is 19.6 Å². The molecular weight excluding hydrogens is 208 g/mol. The average molecular weight is 220 g/mol. The Morgan fingerprint density at radius 2 is 2.38 bits per heavy atom. The normalized spacial score (nSPS) is 10.8. The van der Waals surface area contributed by atoms with Crippen LogP contribution in [0.2, 0.25) is 0 Å². The third-order valence-corrected chi connectivity index (χ3v) is 2.22. The molecule has 0 fully saturated rings. The summed E-state index contributed by atoms with van der Waals surface area (Å²) >= 11 is 0. The first-order chi connectivity index (χ1) is 7.77. The van der Waals surface area contributed by atoms with Gasteiger partial charge in [-0.15, -0.1) is 0 Å². The van der Waals surface area contributed by atoms with Crippen LogP contribution in [0, 0.1) is 0 Å². The fourth-order valence-corrected chi connectivity index (χ4v) is 1.46. The maximum Gasteiger partial charge on any atom is 0.305 e. The van der Waals surface area contributed by atoms with Crippen LogP contribution in [0.3, 0.4) is 0 Å². The largest absolute Gasteiger partial charge is 0.481 e. The van der Waals surface area contributed by atoms with Gasteiger partial charge < -0.3 is 14.2 Å². The van der Waals surface area contributed by atoms with E-state index in [9.17, 15) is 4.79 Å². The minimum absolute atomic E-state index is 0.0277. The quantitative estimate of drug-likeness (QED) is 0.772. The summed E-state index contributed by atoms with van der Waals surface area (Å²) in [7, 11) is 0. The van der Waals surface area contributed by atoms with Gasteiger partial charge in [0, 0.05) is 18.1 Å². The van der Waals surface area contributed by atoms with Crippen LogP contribution in [0.25, 0.3) is 5.65 Å². The molecule has 0 aliphatic rings. The molecule has 0 atom stereocenters. The first kappa shape index (κ1) is 10.6. The predicted molar refractivity (Wildman–Crippen MR) is 57.1 cm³/mol. The minimum atomic E-state index is -0.846. The molecule has 2 aromatic heterocycles. The number of rotatable bonds is 5. The number of carbonyl (C=O) groups is 1. The Kier molecular flexibility index (Phi) is 3.16. The van der Waals surface area contributed by atoms with E-state index < -0.39 is 5.97 Å². The molecule has 84 valence electrons. The Bertz CT molecular complexity index is 493. The highest BCUT2D eigenvalue weighted by molar-refractivity contribution is 5.66. The van der Waals surface area contributed by atoms with Crippen molar-refractivity contribution in [2.75, 3.05) is 6.61 Å². The molecule has 0 saturated heterocycles. The molecule has 2 rings (SSSR count). The molecule has 16 heavy (non-hydrogen) atoms. The molecule has 0 aromatic carbocycles. The zero-order chi connectivity index (χ0) is 11.4. The highest BCUT2D eigenvalue weighted by atomic mass is 16.5. The van der Waals surface area contributed by atoms with Crippen molar-refractivity contribution in [1.82, 2.24) is 9.38 Å². The number of pyridine rings is 1. The van der Waals surface area contributed by atoms with Gasteiger partial charge in [-0.1, -0.05) is 6.07 Å². The molecule has 0 spiro atoms. The number of carboxylic acids is 1. The van der Waals surface area contributed by atoms with Crippen LogP contribution in [0.15, 0.2) is 30.6 Å². The molecule has 0 saturated carbocycles. The second-order valence-corrected chi connectivity index (χ2v) is 3.37. The molecule has 2 heterocycles. The lowest BCUT2D eigenvalue weighted by molar-refractivity contribution is -0.138. The summed E-state index contributed by atoms with van der Waals surface area (Å²) in [6.07, 6.45) is 3.60. The molecule has 0 aliphatic carbocycles.